The van der Waals surface area contributed by atoms with Crippen molar-refractivity contribution in [3.05, 3.63) is 23.8 Å². The van der Waals surface area contributed by atoms with E-state index >= 15 is 0 Å². The summed E-state index contributed by atoms with van der Waals surface area (Å²) in [4.78, 5) is 11.4. The molecule has 1 saturated heterocycles. The first-order chi connectivity index (χ1) is 11.8. The highest BCUT2D eigenvalue weighted by Crippen LogP contribution is 2.31. The van der Waals surface area contributed by atoms with Crippen molar-refractivity contribution in [2.75, 3.05) is 38.4 Å². The van der Waals surface area contributed by atoms with E-state index in [1.807, 2.05) is 0 Å². The van der Waals surface area contributed by atoms with Gasteiger partial charge in [-0.15, -0.1) is 0 Å². The van der Waals surface area contributed by atoms with Gasteiger partial charge < -0.3 is 20.3 Å². The molecule has 1 unspecified atom stereocenters. The number of nitrogens with one attached hydrogen (secondary N) is 1. The van der Waals surface area contributed by atoms with Crippen LogP contribution in [0.2, 0.25) is 0 Å². The largest absolute Gasteiger partial charge is 0.496 e. The molecule has 1 aliphatic heterocycles. The first kappa shape index (κ1) is 20.0. The topological polar surface area (TPSA) is 128 Å². The van der Waals surface area contributed by atoms with E-state index in [-0.39, 0.29) is 36.0 Å². The highest BCUT2D eigenvalue weighted by atomic mass is 32.2. The second-order valence-electron chi connectivity index (χ2n) is 5.61. The molecule has 25 heavy (non-hydrogen) atoms. The summed E-state index contributed by atoms with van der Waals surface area (Å²) in [5, 5.41) is 8.95. The number of aliphatic hydroxyl groups is 1. The number of nitrogens with two attached hydrogens (primary N) is 1. The van der Waals surface area contributed by atoms with Gasteiger partial charge in [0.2, 0.25) is 10.0 Å². The zero-order valence-electron chi connectivity index (χ0n) is 13.9. The average Bonchev–Trinajstić information content (AvgIpc) is 3.07. The number of hydrogen-bond acceptors (Lipinski definition) is 7. The number of carbonyl (C=O) groups is 1. The van der Waals surface area contributed by atoms with Gasteiger partial charge in [-0.3, -0.25) is 4.79 Å². The summed E-state index contributed by atoms with van der Waals surface area (Å²) < 4.78 is 38.3. The highest BCUT2D eigenvalue weighted by molar-refractivity contribution is 7.99. The van der Waals surface area contributed by atoms with E-state index in [9.17, 15) is 13.2 Å². The monoisotopic (exact) mass is 390 g/mol. The third-order valence-electron chi connectivity index (χ3n) is 3.90. The fourth-order valence-electron chi connectivity index (χ4n) is 2.51. The molecule has 0 saturated carbocycles. The van der Waals surface area contributed by atoms with E-state index in [1.54, 1.807) is 11.8 Å². The zero-order chi connectivity index (χ0) is 18.5. The Labute approximate surface area is 151 Å². The number of amides is 1. The Hall–Kier alpha value is -1.33. The Kier molecular flexibility index (Phi) is 6.69. The van der Waals surface area contributed by atoms with Gasteiger partial charge in [-0.25, -0.2) is 13.1 Å². The van der Waals surface area contributed by atoms with E-state index in [1.165, 1.54) is 25.3 Å². The maximum Gasteiger partial charge on any atom is 0.252 e. The second kappa shape index (κ2) is 8.37. The molecule has 10 heteroatoms. The average molecular weight is 390 g/mol. The molecular weight excluding hydrogens is 368 g/mol. The molecule has 1 aromatic rings. The molecule has 1 heterocycles. The molecule has 1 aliphatic rings. The van der Waals surface area contributed by atoms with Gasteiger partial charge >= 0.3 is 0 Å². The summed E-state index contributed by atoms with van der Waals surface area (Å²) in [7, 11) is -2.49. The molecule has 1 aromatic carbocycles. The third-order valence-corrected chi connectivity index (χ3v) is 6.52. The SMILES string of the molecule is COc1ccc(S(=O)(=O)NCC2(OCCO)CCSC2)cc1C(N)=O. The molecule has 4 N–H and O–H groups in total. The quantitative estimate of drug-likeness (QED) is 0.539. The molecule has 1 atom stereocenters. The van der Waals surface area contributed by atoms with Crippen molar-refractivity contribution in [3.63, 3.8) is 0 Å². The van der Waals surface area contributed by atoms with E-state index in [2.05, 4.69) is 4.72 Å². The van der Waals surface area contributed by atoms with Crippen LogP contribution < -0.4 is 15.2 Å². The first-order valence-electron chi connectivity index (χ1n) is 7.64. The number of primary amides is 1. The Balaban J connectivity index is 2.18. The number of thioether (sulfide) groups is 1. The van der Waals surface area contributed by atoms with Gasteiger partial charge in [-0.05, 0) is 30.4 Å². The van der Waals surface area contributed by atoms with Gasteiger partial charge in [0.15, 0.2) is 0 Å². The molecule has 8 nitrogen and oxygen atoms in total. The van der Waals surface area contributed by atoms with E-state index < -0.39 is 21.5 Å². The Morgan fingerprint density at radius 2 is 2.24 bits per heavy atom. The normalized spacial score (nSPS) is 20.6. The summed E-state index contributed by atoms with van der Waals surface area (Å²) in [6.07, 6.45) is 0.690. The number of ether oxygens (including phenoxy) is 2. The molecule has 0 spiro atoms. The maximum atomic E-state index is 12.6. The van der Waals surface area contributed by atoms with Crippen molar-refractivity contribution < 1.29 is 27.8 Å². The summed E-state index contributed by atoms with van der Waals surface area (Å²) >= 11 is 1.67. The lowest BCUT2D eigenvalue weighted by atomic mass is 10.0. The summed E-state index contributed by atoms with van der Waals surface area (Å²) in [5.74, 6) is 0.942. The van der Waals surface area contributed by atoms with Gasteiger partial charge in [-0.1, -0.05) is 0 Å². The maximum absolute atomic E-state index is 12.6. The summed E-state index contributed by atoms with van der Waals surface area (Å²) in [6.45, 7) is 0.108. The number of carbonyl (C=O) groups excluding carboxylic acids is 1. The molecule has 140 valence electrons. The lowest BCUT2D eigenvalue weighted by molar-refractivity contribution is -0.0358. The van der Waals surface area contributed by atoms with E-state index in [4.69, 9.17) is 20.3 Å². The van der Waals surface area contributed by atoms with Gasteiger partial charge in [0.25, 0.3) is 5.91 Å². The number of aliphatic hydroxyl groups excluding tert-OH is 1. The van der Waals surface area contributed by atoms with Crippen LogP contribution in [0.25, 0.3) is 0 Å². The molecule has 1 fully saturated rings. The van der Waals surface area contributed by atoms with Crippen molar-refractivity contribution in [1.82, 2.24) is 4.72 Å². The van der Waals surface area contributed by atoms with Crippen molar-refractivity contribution >= 4 is 27.7 Å². The standard InChI is InChI=1S/C15H22N2O6S2/c1-22-13-3-2-11(8-12(13)14(16)19)25(20,21)17-9-15(23-6-5-18)4-7-24-10-15/h2-3,8,17-18H,4-7,9-10H2,1H3,(H2,16,19). The van der Waals surface area contributed by atoms with Crippen molar-refractivity contribution in [3.8, 4) is 5.75 Å². The summed E-state index contributed by atoms with van der Waals surface area (Å²) in [5.41, 5.74) is 4.63. The number of sulfonamides is 1. The van der Waals surface area contributed by atoms with Crippen molar-refractivity contribution in [2.24, 2.45) is 5.73 Å². The van der Waals surface area contributed by atoms with E-state index in [0.717, 1.165) is 5.75 Å². The van der Waals surface area contributed by atoms with Gasteiger partial charge in [0.05, 0.1) is 36.4 Å². The predicted molar refractivity (Wildman–Crippen MR) is 94.4 cm³/mol. The van der Waals surface area contributed by atoms with Crippen LogP contribution in [-0.2, 0) is 14.8 Å². The fourth-order valence-corrected chi connectivity index (χ4v) is 5.01. The molecule has 0 aromatic heterocycles. The molecule has 2 rings (SSSR count). The van der Waals surface area contributed by atoms with Gasteiger partial charge in [0, 0.05) is 12.3 Å². The Morgan fingerprint density at radius 3 is 2.80 bits per heavy atom. The number of benzene rings is 1. The van der Waals surface area contributed by atoms with Crippen LogP contribution >= 0.6 is 11.8 Å². The lowest BCUT2D eigenvalue weighted by Gasteiger charge is -2.28. The molecule has 0 aliphatic carbocycles. The van der Waals surface area contributed by atoms with Crippen molar-refractivity contribution in [1.29, 1.82) is 0 Å². The highest BCUT2D eigenvalue weighted by Gasteiger charge is 2.36. The molecular formula is C15H22N2O6S2. The van der Waals surface area contributed by atoms with Crippen LogP contribution in [0.3, 0.4) is 0 Å². The third kappa shape index (κ3) is 4.85. The number of hydrogen-bond donors (Lipinski definition) is 3. The van der Waals surface area contributed by atoms with Gasteiger partial charge in [-0.2, -0.15) is 11.8 Å². The minimum atomic E-state index is -3.86. The zero-order valence-corrected chi connectivity index (χ0v) is 15.5. The van der Waals surface area contributed by atoms with Crippen LogP contribution in [0.5, 0.6) is 5.75 Å². The number of rotatable bonds is 9. The van der Waals surface area contributed by atoms with Crippen LogP contribution in [0.1, 0.15) is 16.8 Å². The van der Waals surface area contributed by atoms with Crippen molar-refractivity contribution in [2.45, 2.75) is 16.9 Å². The Bertz CT molecular complexity index is 717. The Morgan fingerprint density at radius 1 is 1.48 bits per heavy atom. The molecule has 1 amide bonds. The van der Waals surface area contributed by atoms with Crippen LogP contribution in [0, 0.1) is 0 Å². The van der Waals surface area contributed by atoms with Crippen LogP contribution in [0.15, 0.2) is 23.1 Å². The van der Waals surface area contributed by atoms with Crippen LogP contribution in [0.4, 0.5) is 0 Å². The summed E-state index contributed by atoms with van der Waals surface area (Å²) in [6, 6.07) is 3.92. The minimum absolute atomic E-state index is 0.00644. The minimum Gasteiger partial charge on any atom is -0.496 e. The van der Waals surface area contributed by atoms with Crippen LogP contribution in [-0.4, -0.2) is 63.4 Å². The van der Waals surface area contributed by atoms with E-state index in [0.29, 0.717) is 12.2 Å². The molecule has 0 bridgehead atoms. The smallest absolute Gasteiger partial charge is 0.252 e. The fraction of sp³-hybridized carbons (Fsp3) is 0.533. The molecule has 0 radical (unpaired) electrons. The first-order valence-corrected chi connectivity index (χ1v) is 10.3. The number of methoxy groups -OCH3 is 1. The second-order valence-corrected chi connectivity index (χ2v) is 8.48. The predicted octanol–water partition coefficient (Wildman–Crippen LogP) is -0.0430. The lowest BCUT2D eigenvalue weighted by Crippen LogP contribution is -2.45. The van der Waals surface area contributed by atoms with Gasteiger partial charge in [0.1, 0.15) is 5.75 Å².